The quantitative estimate of drug-likeness (QED) is 0.497. The van der Waals surface area contributed by atoms with E-state index < -0.39 is 0 Å². The maximum atomic E-state index is 11.5. The van der Waals surface area contributed by atoms with Crippen LogP contribution in [0.5, 0.6) is 0 Å². The Morgan fingerprint density at radius 3 is 2.50 bits per heavy atom. The van der Waals surface area contributed by atoms with Gasteiger partial charge in [0, 0.05) is 11.8 Å². The molecule has 0 aliphatic rings. The summed E-state index contributed by atoms with van der Waals surface area (Å²) in [7, 11) is 0. The molecule has 0 radical (unpaired) electrons. The largest absolute Gasteiger partial charge is 0.399 e. The molecule has 4 heteroatoms. The molecule has 0 atom stereocenters. The second-order valence-corrected chi connectivity index (χ2v) is 4.24. The first kappa shape index (κ1) is 13.8. The van der Waals surface area contributed by atoms with Gasteiger partial charge in [0.25, 0.3) is 5.91 Å². The smallest absolute Gasteiger partial charge is 0.267 e. The van der Waals surface area contributed by atoms with Gasteiger partial charge in [0.15, 0.2) is 0 Å². The highest BCUT2D eigenvalue weighted by Crippen LogP contribution is 2.06. The van der Waals surface area contributed by atoms with Crippen LogP contribution in [0.15, 0.2) is 60.7 Å². The lowest BCUT2D eigenvalue weighted by atomic mass is 10.2. The fourth-order valence-electron chi connectivity index (χ4n) is 1.58. The van der Waals surface area contributed by atoms with E-state index in [0.29, 0.717) is 12.3 Å². The molecule has 0 fully saturated rings. The van der Waals surface area contributed by atoms with Crippen LogP contribution < -0.4 is 11.2 Å². The third-order valence-corrected chi connectivity index (χ3v) is 2.62. The summed E-state index contributed by atoms with van der Waals surface area (Å²) in [5, 5.41) is 0. The maximum absolute atomic E-state index is 11.5. The molecule has 0 bridgehead atoms. The van der Waals surface area contributed by atoms with E-state index in [4.69, 9.17) is 10.6 Å². The molecule has 0 saturated carbocycles. The summed E-state index contributed by atoms with van der Waals surface area (Å²) in [5.74, 6) is -0.308. The fourth-order valence-corrected chi connectivity index (χ4v) is 1.58. The third-order valence-electron chi connectivity index (χ3n) is 2.62. The van der Waals surface area contributed by atoms with Crippen LogP contribution >= 0.6 is 0 Å². The van der Waals surface area contributed by atoms with Crippen molar-refractivity contribution in [2.24, 2.45) is 0 Å². The standard InChI is InChI=1S/C16H16N2O2/c17-15-9-6-13(7-10-15)8-11-16(19)18-20-12-14-4-2-1-3-5-14/h1-11H,12,17H2,(H,18,19)/b11-8+. The van der Waals surface area contributed by atoms with Gasteiger partial charge >= 0.3 is 0 Å². The van der Waals surface area contributed by atoms with E-state index in [-0.39, 0.29) is 5.91 Å². The van der Waals surface area contributed by atoms with Crippen molar-refractivity contribution in [1.82, 2.24) is 5.48 Å². The molecule has 2 aromatic carbocycles. The highest BCUT2D eigenvalue weighted by molar-refractivity contribution is 5.90. The van der Waals surface area contributed by atoms with Crippen LogP contribution in [0.25, 0.3) is 6.08 Å². The molecular weight excluding hydrogens is 252 g/mol. The first-order valence-electron chi connectivity index (χ1n) is 6.23. The molecular formula is C16H16N2O2. The molecule has 0 aliphatic carbocycles. The molecule has 0 saturated heterocycles. The number of rotatable bonds is 5. The van der Waals surface area contributed by atoms with Gasteiger partial charge < -0.3 is 5.73 Å². The zero-order valence-corrected chi connectivity index (χ0v) is 11.0. The van der Waals surface area contributed by atoms with Gasteiger partial charge in [-0.2, -0.15) is 0 Å². The average molecular weight is 268 g/mol. The van der Waals surface area contributed by atoms with E-state index in [2.05, 4.69) is 5.48 Å². The first-order valence-corrected chi connectivity index (χ1v) is 6.23. The summed E-state index contributed by atoms with van der Waals surface area (Å²) >= 11 is 0. The maximum Gasteiger partial charge on any atom is 0.267 e. The summed E-state index contributed by atoms with van der Waals surface area (Å²) < 4.78 is 0. The first-order chi connectivity index (χ1) is 9.74. The number of nitrogens with one attached hydrogen (secondary N) is 1. The number of hydroxylamine groups is 1. The van der Waals surface area contributed by atoms with E-state index in [1.807, 2.05) is 42.5 Å². The molecule has 3 N–H and O–H groups in total. The number of hydrogen-bond donors (Lipinski definition) is 2. The number of benzene rings is 2. The third kappa shape index (κ3) is 4.59. The lowest BCUT2D eigenvalue weighted by molar-refractivity contribution is -0.129. The van der Waals surface area contributed by atoms with Crippen molar-refractivity contribution < 1.29 is 9.63 Å². The van der Waals surface area contributed by atoms with E-state index in [1.54, 1.807) is 18.2 Å². The van der Waals surface area contributed by atoms with Crippen LogP contribution in [-0.2, 0) is 16.2 Å². The Morgan fingerprint density at radius 1 is 1.10 bits per heavy atom. The molecule has 0 heterocycles. The van der Waals surface area contributed by atoms with Crippen molar-refractivity contribution in [1.29, 1.82) is 0 Å². The number of carbonyl (C=O) groups excluding carboxylic acids is 1. The molecule has 20 heavy (non-hydrogen) atoms. The Kier molecular flexibility index (Phi) is 4.92. The Labute approximate surface area is 117 Å². The van der Waals surface area contributed by atoms with Crippen LogP contribution in [0.1, 0.15) is 11.1 Å². The summed E-state index contributed by atoms with van der Waals surface area (Å²) in [6.45, 7) is 0.336. The van der Waals surface area contributed by atoms with Gasteiger partial charge in [0.2, 0.25) is 0 Å². The van der Waals surface area contributed by atoms with Gasteiger partial charge in [-0.25, -0.2) is 5.48 Å². The highest BCUT2D eigenvalue weighted by atomic mass is 16.6. The monoisotopic (exact) mass is 268 g/mol. The molecule has 102 valence electrons. The van der Waals surface area contributed by atoms with Gasteiger partial charge in [-0.05, 0) is 29.3 Å². The topological polar surface area (TPSA) is 64.4 Å². The van der Waals surface area contributed by atoms with Crippen LogP contribution in [0.4, 0.5) is 5.69 Å². The Balaban J connectivity index is 1.76. The summed E-state index contributed by atoms with van der Waals surface area (Å²) in [4.78, 5) is 16.6. The van der Waals surface area contributed by atoms with Crippen LogP contribution in [-0.4, -0.2) is 5.91 Å². The van der Waals surface area contributed by atoms with E-state index in [9.17, 15) is 4.79 Å². The molecule has 0 unspecified atom stereocenters. The normalized spacial score (nSPS) is 10.6. The summed E-state index contributed by atoms with van der Waals surface area (Å²) in [6, 6.07) is 16.9. The molecule has 0 spiro atoms. The predicted molar refractivity (Wildman–Crippen MR) is 79.3 cm³/mol. The van der Waals surface area contributed by atoms with Gasteiger partial charge in [-0.3, -0.25) is 9.63 Å². The minimum atomic E-state index is -0.308. The van der Waals surface area contributed by atoms with E-state index in [0.717, 1.165) is 11.1 Å². The predicted octanol–water partition coefficient (Wildman–Crippen LogP) is 2.53. The summed E-state index contributed by atoms with van der Waals surface area (Å²) in [5.41, 5.74) is 10.5. The molecule has 0 aliphatic heterocycles. The van der Waals surface area contributed by atoms with E-state index in [1.165, 1.54) is 6.08 Å². The molecule has 0 aromatic heterocycles. The van der Waals surface area contributed by atoms with Crippen molar-refractivity contribution in [2.45, 2.75) is 6.61 Å². The summed E-state index contributed by atoms with van der Waals surface area (Å²) in [6.07, 6.45) is 3.11. The van der Waals surface area contributed by atoms with Gasteiger partial charge in [-0.1, -0.05) is 42.5 Å². The SMILES string of the molecule is Nc1ccc(/C=C/C(=O)NOCc2ccccc2)cc1. The van der Waals surface area contributed by atoms with Crippen molar-refractivity contribution >= 4 is 17.7 Å². The molecule has 2 rings (SSSR count). The Morgan fingerprint density at radius 2 is 1.80 bits per heavy atom. The number of nitrogens with two attached hydrogens (primary N) is 1. The van der Waals surface area contributed by atoms with E-state index >= 15 is 0 Å². The number of carbonyl (C=O) groups is 1. The Bertz CT molecular complexity index is 577. The minimum absolute atomic E-state index is 0.308. The van der Waals surface area contributed by atoms with Crippen molar-refractivity contribution in [3.8, 4) is 0 Å². The number of amides is 1. The lowest BCUT2D eigenvalue weighted by Gasteiger charge is -2.03. The van der Waals surface area contributed by atoms with Crippen molar-refractivity contribution in [3.05, 3.63) is 71.8 Å². The molecule has 4 nitrogen and oxygen atoms in total. The van der Waals surface area contributed by atoms with Gasteiger partial charge in [0.1, 0.15) is 0 Å². The second-order valence-electron chi connectivity index (χ2n) is 4.24. The average Bonchev–Trinajstić information content (AvgIpc) is 2.48. The van der Waals surface area contributed by atoms with Crippen LogP contribution in [0.3, 0.4) is 0 Å². The lowest BCUT2D eigenvalue weighted by Crippen LogP contribution is -2.21. The second kappa shape index (κ2) is 7.11. The highest BCUT2D eigenvalue weighted by Gasteiger charge is 1.96. The zero-order valence-electron chi connectivity index (χ0n) is 11.0. The van der Waals surface area contributed by atoms with Crippen LogP contribution in [0.2, 0.25) is 0 Å². The Hall–Kier alpha value is -2.59. The zero-order chi connectivity index (χ0) is 14.2. The van der Waals surface area contributed by atoms with Gasteiger partial charge in [-0.15, -0.1) is 0 Å². The number of anilines is 1. The number of hydrogen-bond acceptors (Lipinski definition) is 3. The van der Waals surface area contributed by atoms with Gasteiger partial charge in [0.05, 0.1) is 6.61 Å². The van der Waals surface area contributed by atoms with Crippen LogP contribution in [0, 0.1) is 0 Å². The fraction of sp³-hybridized carbons (Fsp3) is 0.0625. The molecule has 2 aromatic rings. The minimum Gasteiger partial charge on any atom is -0.399 e. The van der Waals surface area contributed by atoms with Crippen molar-refractivity contribution in [3.63, 3.8) is 0 Å². The molecule has 1 amide bonds. The number of nitrogen functional groups attached to an aromatic ring is 1. The van der Waals surface area contributed by atoms with Crippen molar-refractivity contribution in [2.75, 3.05) is 5.73 Å².